The number of rotatable bonds is 55. The van der Waals surface area contributed by atoms with Gasteiger partial charge in [0.1, 0.15) is 13.2 Å². The molecule has 72 heavy (non-hydrogen) atoms. The highest BCUT2D eigenvalue weighted by Gasteiger charge is 2.19. The Labute approximate surface area is 445 Å². The fourth-order valence-corrected chi connectivity index (χ4v) is 8.56. The van der Waals surface area contributed by atoms with E-state index in [1.165, 1.54) is 141 Å². The lowest BCUT2D eigenvalue weighted by Crippen LogP contribution is -2.30. The Kier molecular flexibility index (Phi) is 57.3. The Morgan fingerprint density at radius 3 is 0.847 bits per heavy atom. The lowest BCUT2D eigenvalue weighted by atomic mass is 10.0. The largest absolute Gasteiger partial charge is 0.462 e. The van der Waals surface area contributed by atoms with Crippen LogP contribution in [0.25, 0.3) is 0 Å². The molecule has 0 saturated heterocycles. The van der Waals surface area contributed by atoms with Gasteiger partial charge in [0, 0.05) is 19.3 Å². The molecule has 0 fully saturated rings. The summed E-state index contributed by atoms with van der Waals surface area (Å²) in [6.45, 7) is 6.49. The van der Waals surface area contributed by atoms with Gasteiger partial charge in [-0.1, -0.05) is 266 Å². The van der Waals surface area contributed by atoms with Crippen LogP contribution in [0.15, 0.2) is 85.1 Å². The summed E-state index contributed by atoms with van der Waals surface area (Å²) in [6, 6.07) is 0. The van der Waals surface area contributed by atoms with Crippen molar-refractivity contribution in [2.75, 3.05) is 13.2 Å². The van der Waals surface area contributed by atoms with E-state index in [-0.39, 0.29) is 31.1 Å². The number of esters is 3. The molecular weight excluding hydrogens is 889 g/mol. The van der Waals surface area contributed by atoms with Gasteiger partial charge in [0.05, 0.1) is 0 Å². The van der Waals surface area contributed by atoms with Crippen molar-refractivity contribution in [1.29, 1.82) is 0 Å². The molecule has 1 atom stereocenters. The van der Waals surface area contributed by atoms with Crippen LogP contribution in [-0.2, 0) is 28.6 Å². The molecule has 6 nitrogen and oxygen atoms in total. The molecule has 0 amide bonds. The van der Waals surface area contributed by atoms with Gasteiger partial charge in [-0.05, 0) is 96.3 Å². The van der Waals surface area contributed by atoms with Gasteiger partial charge in [0.25, 0.3) is 0 Å². The van der Waals surface area contributed by atoms with E-state index in [9.17, 15) is 14.4 Å². The Morgan fingerprint density at radius 2 is 0.542 bits per heavy atom. The van der Waals surface area contributed by atoms with Crippen LogP contribution in [0.4, 0.5) is 0 Å². The maximum atomic E-state index is 12.8. The maximum Gasteiger partial charge on any atom is 0.306 e. The molecule has 0 heterocycles. The molecule has 0 spiro atoms. The normalized spacial score (nSPS) is 12.7. The topological polar surface area (TPSA) is 78.9 Å². The van der Waals surface area contributed by atoms with Crippen molar-refractivity contribution in [3.05, 3.63) is 85.1 Å². The number of carbonyl (C=O) groups excluding carboxylic acids is 3. The standard InChI is InChI=1S/C66H114O6/c1-4-7-10-13-16-19-21-23-25-27-29-31-32-33-34-36-37-39-41-43-45-47-50-53-56-59-65(68)71-62-63(61-70-64(67)58-55-52-49-18-15-12-9-6-3)72-66(69)60-57-54-51-48-46-44-42-40-38-35-30-28-26-24-22-20-17-14-11-8-5-2/h8,11,17,20-21,23-24,26-27,29-30,35,40,42,63H,4-7,9-10,12-16,18-19,22,25,28,31-34,36-39,41,43-62H2,1-3H3/b11-8-,20-17-,23-21-,26-24-,29-27-,35-30-,42-40-. The highest BCUT2D eigenvalue weighted by molar-refractivity contribution is 5.71. The van der Waals surface area contributed by atoms with E-state index in [4.69, 9.17) is 14.2 Å². The second-order valence-corrected chi connectivity index (χ2v) is 20.2. The van der Waals surface area contributed by atoms with Gasteiger partial charge in [-0.3, -0.25) is 14.4 Å². The fraction of sp³-hybridized carbons (Fsp3) is 0.742. The molecule has 1 unspecified atom stereocenters. The predicted octanol–water partition coefficient (Wildman–Crippen LogP) is 20.7. The molecular formula is C66H114O6. The van der Waals surface area contributed by atoms with Crippen molar-refractivity contribution in [2.24, 2.45) is 0 Å². The maximum absolute atomic E-state index is 12.8. The van der Waals surface area contributed by atoms with Gasteiger partial charge in [0.2, 0.25) is 0 Å². The summed E-state index contributed by atoms with van der Waals surface area (Å²) in [5, 5.41) is 0. The van der Waals surface area contributed by atoms with Crippen LogP contribution in [0.5, 0.6) is 0 Å². The first kappa shape index (κ1) is 68.6. The molecule has 0 rings (SSSR count). The van der Waals surface area contributed by atoms with Crippen molar-refractivity contribution in [3.8, 4) is 0 Å². The van der Waals surface area contributed by atoms with E-state index in [0.717, 1.165) is 116 Å². The van der Waals surface area contributed by atoms with E-state index >= 15 is 0 Å². The first-order valence-corrected chi connectivity index (χ1v) is 30.6. The van der Waals surface area contributed by atoms with Crippen molar-refractivity contribution in [2.45, 2.75) is 303 Å². The highest BCUT2D eigenvalue weighted by atomic mass is 16.6. The third-order valence-electron chi connectivity index (χ3n) is 13.1. The fourth-order valence-electron chi connectivity index (χ4n) is 8.56. The minimum Gasteiger partial charge on any atom is -0.462 e. The predicted molar refractivity (Wildman–Crippen MR) is 311 cm³/mol. The zero-order chi connectivity index (χ0) is 52.2. The number of ether oxygens (including phenoxy) is 3. The molecule has 0 aromatic rings. The Bertz CT molecular complexity index is 1380. The smallest absolute Gasteiger partial charge is 0.306 e. The molecule has 0 aromatic carbocycles. The average Bonchev–Trinajstić information content (AvgIpc) is 3.38. The van der Waals surface area contributed by atoms with Crippen molar-refractivity contribution in [3.63, 3.8) is 0 Å². The van der Waals surface area contributed by atoms with Crippen LogP contribution in [-0.4, -0.2) is 37.2 Å². The highest BCUT2D eigenvalue weighted by Crippen LogP contribution is 2.16. The molecule has 0 N–H and O–H groups in total. The lowest BCUT2D eigenvalue weighted by molar-refractivity contribution is -0.167. The molecule has 0 aliphatic rings. The second kappa shape index (κ2) is 60.1. The summed E-state index contributed by atoms with van der Waals surface area (Å²) in [4.78, 5) is 38.1. The third kappa shape index (κ3) is 57.5. The molecule has 0 saturated carbocycles. The zero-order valence-corrected chi connectivity index (χ0v) is 47.4. The summed E-state index contributed by atoms with van der Waals surface area (Å²) in [7, 11) is 0. The van der Waals surface area contributed by atoms with Crippen LogP contribution >= 0.6 is 0 Å². The number of carbonyl (C=O) groups is 3. The zero-order valence-electron chi connectivity index (χ0n) is 47.4. The monoisotopic (exact) mass is 1000 g/mol. The first-order chi connectivity index (χ1) is 35.5. The van der Waals surface area contributed by atoms with Gasteiger partial charge < -0.3 is 14.2 Å². The summed E-state index contributed by atoms with van der Waals surface area (Å²) >= 11 is 0. The molecule has 6 heteroatoms. The van der Waals surface area contributed by atoms with Crippen molar-refractivity contribution in [1.82, 2.24) is 0 Å². The van der Waals surface area contributed by atoms with Crippen LogP contribution in [0, 0.1) is 0 Å². The SMILES string of the molecule is CC/C=C\C/C=C\C/C=C\C/C=C\C/C=C\CCCCCCCC(=O)OC(COC(=O)CCCCCCCCCC)COC(=O)CCCCCCCCCCCCCCC/C=C\C/C=C\CCCCCCC. The number of allylic oxidation sites excluding steroid dienone is 14. The molecule has 0 radical (unpaired) electrons. The number of hydrogen-bond donors (Lipinski definition) is 0. The van der Waals surface area contributed by atoms with E-state index in [1.54, 1.807) is 0 Å². The summed E-state index contributed by atoms with van der Waals surface area (Å²) in [5.41, 5.74) is 0. The minimum absolute atomic E-state index is 0.0830. The van der Waals surface area contributed by atoms with Gasteiger partial charge in [-0.2, -0.15) is 0 Å². The molecule has 0 aliphatic heterocycles. The second-order valence-electron chi connectivity index (χ2n) is 20.2. The first-order valence-electron chi connectivity index (χ1n) is 30.6. The minimum atomic E-state index is -0.785. The molecule has 414 valence electrons. The van der Waals surface area contributed by atoms with Gasteiger partial charge in [-0.15, -0.1) is 0 Å². The van der Waals surface area contributed by atoms with E-state index in [2.05, 4.69) is 106 Å². The molecule has 0 bridgehead atoms. The lowest BCUT2D eigenvalue weighted by Gasteiger charge is -2.18. The van der Waals surface area contributed by atoms with Gasteiger partial charge in [-0.25, -0.2) is 0 Å². The summed E-state index contributed by atoms with van der Waals surface area (Å²) in [5.74, 6) is -0.899. The van der Waals surface area contributed by atoms with Crippen LogP contribution < -0.4 is 0 Å². The van der Waals surface area contributed by atoms with Crippen LogP contribution in [0.1, 0.15) is 297 Å². The summed E-state index contributed by atoms with van der Waals surface area (Å²) < 4.78 is 16.8. The summed E-state index contributed by atoms with van der Waals surface area (Å²) in [6.07, 6.45) is 78.8. The van der Waals surface area contributed by atoms with Crippen molar-refractivity contribution >= 4 is 17.9 Å². The quantitative estimate of drug-likeness (QED) is 0.0261. The third-order valence-corrected chi connectivity index (χ3v) is 13.1. The van der Waals surface area contributed by atoms with Crippen LogP contribution in [0.3, 0.4) is 0 Å². The molecule has 0 aliphatic carbocycles. The van der Waals surface area contributed by atoms with E-state index < -0.39 is 6.10 Å². The Morgan fingerprint density at radius 1 is 0.292 bits per heavy atom. The van der Waals surface area contributed by atoms with Crippen molar-refractivity contribution < 1.29 is 28.6 Å². The van der Waals surface area contributed by atoms with E-state index in [1.807, 2.05) is 0 Å². The molecule has 0 aromatic heterocycles. The Hall–Kier alpha value is -3.41. The van der Waals surface area contributed by atoms with Crippen LogP contribution in [0.2, 0.25) is 0 Å². The average molecular weight is 1000 g/mol. The number of unbranched alkanes of at least 4 members (excludes halogenated alkanes) is 30. The van der Waals surface area contributed by atoms with Gasteiger partial charge in [0.15, 0.2) is 6.10 Å². The number of hydrogen-bond acceptors (Lipinski definition) is 6. The van der Waals surface area contributed by atoms with Gasteiger partial charge >= 0.3 is 17.9 Å². The van der Waals surface area contributed by atoms with E-state index in [0.29, 0.717) is 19.3 Å². The Balaban J connectivity index is 4.22.